The number of benzene rings is 1. The molecule has 0 unspecified atom stereocenters. The average molecular weight is 398 g/mol. The number of carbonyl (C=O) groups excluding carboxylic acids is 2. The Kier molecular flexibility index (Phi) is 5.41. The molecule has 7 heteroatoms. The number of esters is 1. The minimum Gasteiger partial charge on any atom is -0.427 e. The van der Waals surface area contributed by atoms with Crippen LogP contribution in [0.1, 0.15) is 38.7 Å². The number of ether oxygens (including phenoxy) is 1. The molecule has 4 rings (SSSR count). The molecule has 1 saturated heterocycles. The van der Waals surface area contributed by atoms with E-state index in [1.807, 2.05) is 0 Å². The van der Waals surface area contributed by atoms with E-state index < -0.39 is 11.6 Å². The molecule has 1 fully saturated rings. The second-order valence-electron chi connectivity index (χ2n) is 8.08. The fourth-order valence-electron chi connectivity index (χ4n) is 4.26. The van der Waals surface area contributed by atoms with Gasteiger partial charge in [0.25, 0.3) is 0 Å². The van der Waals surface area contributed by atoms with E-state index in [-0.39, 0.29) is 5.91 Å². The number of fused-ring (bicyclic) bond motifs is 3. The number of carbonyl (C=O) groups is 2. The molecule has 1 aromatic heterocycles. The van der Waals surface area contributed by atoms with Crippen molar-refractivity contribution < 1.29 is 18.7 Å². The van der Waals surface area contributed by atoms with Crippen LogP contribution in [-0.4, -0.2) is 43.0 Å². The molecular weight excluding hydrogens is 372 g/mol. The Balaban J connectivity index is 1.67. The van der Waals surface area contributed by atoms with Gasteiger partial charge in [-0.1, -0.05) is 6.92 Å². The number of hydrogen-bond acceptors (Lipinski definition) is 6. The lowest BCUT2D eigenvalue weighted by Crippen LogP contribution is -2.46. The summed E-state index contributed by atoms with van der Waals surface area (Å²) in [5.74, 6) is 0.611. The van der Waals surface area contributed by atoms with Crippen molar-refractivity contribution in [2.24, 2.45) is 5.92 Å². The van der Waals surface area contributed by atoms with Gasteiger partial charge in [0.05, 0.1) is 6.54 Å². The predicted molar refractivity (Wildman–Crippen MR) is 109 cm³/mol. The molecule has 2 aliphatic rings. The first-order valence-corrected chi connectivity index (χ1v) is 10.2. The van der Waals surface area contributed by atoms with E-state index in [0.29, 0.717) is 47.8 Å². The molecule has 0 radical (unpaired) electrons. The SMILES string of the molecule is CC(=O)Oc1ccc2oc(=O)c3c(c2c1)CCCN3C(=O)CN1CCC(C)CC1. The molecule has 0 atom stereocenters. The van der Waals surface area contributed by atoms with Crippen LogP contribution in [-0.2, 0) is 16.0 Å². The monoisotopic (exact) mass is 398 g/mol. The van der Waals surface area contributed by atoms with Gasteiger partial charge in [0.15, 0.2) is 0 Å². The normalized spacial score (nSPS) is 17.9. The quantitative estimate of drug-likeness (QED) is 0.449. The maximum absolute atomic E-state index is 13.0. The van der Waals surface area contributed by atoms with Gasteiger partial charge in [-0.2, -0.15) is 0 Å². The highest BCUT2D eigenvalue weighted by Crippen LogP contribution is 2.33. The van der Waals surface area contributed by atoms with Gasteiger partial charge in [-0.05, 0) is 68.5 Å². The van der Waals surface area contributed by atoms with Crippen LogP contribution in [0.5, 0.6) is 5.75 Å². The van der Waals surface area contributed by atoms with Crippen molar-refractivity contribution >= 4 is 28.5 Å². The van der Waals surface area contributed by atoms with Crippen molar-refractivity contribution in [3.8, 4) is 5.75 Å². The van der Waals surface area contributed by atoms with Gasteiger partial charge >= 0.3 is 11.6 Å². The Morgan fingerprint density at radius 3 is 2.69 bits per heavy atom. The van der Waals surface area contributed by atoms with Crippen LogP contribution in [0, 0.1) is 5.92 Å². The summed E-state index contributed by atoms with van der Waals surface area (Å²) in [5, 5.41) is 0.711. The molecule has 154 valence electrons. The molecule has 0 N–H and O–H groups in total. The number of aryl methyl sites for hydroxylation is 1. The largest absolute Gasteiger partial charge is 0.427 e. The third-order valence-corrected chi connectivity index (χ3v) is 5.83. The summed E-state index contributed by atoms with van der Waals surface area (Å²) in [4.78, 5) is 40.8. The zero-order chi connectivity index (χ0) is 20.5. The molecule has 2 aromatic rings. The van der Waals surface area contributed by atoms with Crippen LogP contribution in [0.4, 0.5) is 5.69 Å². The summed E-state index contributed by atoms with van der Waals surface area (Å²) >= 11 is 0. The van der Waals surface area contributed by atoms with Gasteiger partial charge in [0.2, 0.25) is 5.91 Å². The van der Waals surface area contributed by atoms with E-state index in [4.69, 9.17) is 9.15 Å². The van der Waals surface area contributed by atoms with Crippen LogP contribution in [0.3, 0.4) is 0 Å². The molecule has 3 heterocycles. The lowest BCUT2D eigenvalue weighted by molar-refractivity contribution is -0.131. The van der Waals surface area contributed by atoms with E-state index in [1.54, 1.807) is 23.1 Å². The molecule has 2 aliphatic heterocycles. The van der Waals surface area contributed by atoms with Crippen molar-refractivity contribution in [1.82, 2.24) is 4.90 Å². The first-order chi connectivity index (χ1) is 13.9. The summed E-state index contributed by atoms with van der Waals surface area (Å²) in [7, 11) is 0. The standard InChI is InChI=1S/C22H26N2O5/c1-14-7-10-23(11-8-14)13-20(26)24-9-3-4-17-18-12-16(28-15(2)25)5-6-19(18)29-22(27)21(17)24/h5-6,12,14H,3-4,7-11,13H2,1-2H3. The van der Waals surface area contributed by atoms with Crippen LogP contribution in [0.15, 0.2) is 27.4 Å². The van der Waals surface area contributed by atoms with Crippen molar-refractivity contribution in [2.45, 2.75) is 39.5 Å². The summed E-state index contributed by atoms with van der Waals surface area (Å²) in [6, 6.07) is 4.94. The molecule has 7 nitrogen and oxygen atoms in total. The van der Waals surface area contributed by atoms with Gasteiger partial charge in [-0.15, -0.1) is 0 Å². The minimum absolute atomic E-state index is 0.0664. The van der Waals surface area contributed by atoms with Crippen molar-refractivity contribution in [3.63, 3.8) is 0 Å². The Morgan fingerprint density at radius 2 is 1.97 bits per heavy atom. The molecule has 0 bridgehead atoms. The second-order valence-corrected chi connectivity index (χ2v) is 8.08. The van der Waals surface area contributed by atoms with E-state index in [9.17, 15) is 14.4 Å². The molecule has 1 aromatic carbocycles. The Bertz CT molecular complexity index is 1000. The first-order valence-electron chi connectivity index (χ1n) is 10.2. The van der Waals surface area contributed by atoms with Gasteiger partial charge in [0, 0.05) is 18.9 Å². The summed E-state index contributed by atoms with van der Waals surface area (Å²) in [5.41, 5.74) is 1.06. The van der Waals surface area contributed by atoms with Crippen molar-refractivity contribution in [1.29, 1.82) is 0 Å². The molecule has 0 aliphatic carbocycles. The number of anilines is 1. The van der Waals surface area contributed by atoms with Crippen LogP contribution >= 0.6 is 0 Å². The fraction of sp³-hybridized carbons (Fsp3) is 0.500. The van der Waals surface area contributed by atoms with Gasteiger partial charge in [0.1, 0.15) is 17.0 Å². The topological polar surface area (TPSA) is 80.1 Å². The number of amides is 1. The molecular formula is C22H26N2O5. The Labute approximate surface area is 169 Å². The van der Waals surface area contributed by atoms with Crippen LogP contribution in [0.2, 0.25) is 0 Å². The van der Waals surface area contributed by atoms with E-state index in [2.05, 4.69) is 11.8 Å². The maximum atomic E-state index is 13.0. The van der Waals surface area contributed by atoms with E-state index in [0.717, 1.165) is 37.9 Å². The summed E-state index contributed by atoms with van der Waals surface area (Å²) < 4.78 is 10.7. The van der Waals surface area contributed by atoms with Crippen LogP contribution in [0.25, 0.3) is 11.0 Å². The van der Waals surface area contributed by atoms with E-state index in [1.165, 1.54) is 6.92 Å². The summed E-state index contributed by atoms with van der Waals surface area (Å²) in [6.45, 7) is 6.22. The highest BCUT2D eigenvalue weighted by atomic mass is 16.5. The molecule has 0 spiro atoms. The number of piperidine rings is 1. The fourth-order valence-corrected chi connectivity index (χ4v) is 4.26. The van der Waals surface area contributed by atoms with Crippen LogP contribution < -0.4 is 15.3 Å². The Morgan fingerprint density at radius 1 is 1.21 bits per heavy atom. The zero-order valence-corrected chi connectivity index (χ0v) is 16.9. The number of rotatable bonds is 3. The number of hydrogen-bond donors (Lipinski definition) is 0. The first kappa shape index (κ1) is 19.6. The smallest absolute Gasteiger partial charge is 0.360 e. The highest BCUT2D eigenvalue weighted by Gasteiger charge is 2.30. The third kappa shape index (κ3) is 4.05. The van der Waals surface area contributed by atoms with Gasteiger partial charge < -0.3 is 14.1 Å². The second kappa shape index (κ2) is 7.99. The van der Waals surface area contributed by atoms with Gasteiger partial charge in [-0.25, -0.2) is 4.79 Å². The Hall–Kier alpha value is -2.67. The number of nitrogens with zero attached hydrogens (tertiary/aromatic N) is 2. The summed E-state index contributed by atoms with van der Waals surface area (Å²) in [6.07, 6.45) is 3.63. The zero-order valence-electron chi connectivity index (χ0n) is 16.9. The average Bonchev–Trinajstić information content (AvgIpc) is 2.69. The third-order valence-electron chi connectivity index (χ3n) is 5.83. The lowest BCUT2D eigenvalue weighted by atomic mass is 9.98. The lowest BCUT2D eigenvalue weighted by Gasteiger charge is -2.33. The van der Waals surface area contributed by atoms with Gasteiger partial charge in [-0.3, -0.25) is 14.5 Å². The molecule has 0 saturated carbocycles. The highest BCUT2D eigenvalue weighted by molar-refractivity contribution is 5.98. The van der Waals surface area contributed by atoms with Crippen molar-refractivity contribution in [3.05, 3.63) is 34.2 Å². The number of likely N-dealkylation sites (tertiary alicyclic amines) is 1. The maximum Gasteiger partial charge on any atom is 0.360 e. The van der Waals surface area contributed by atoms with Crippen molar-refractivity contribution in [2.75, 3.05) is 31.1 Å². The molecule has 1 amide bonds. The predicted octanol–water partition coefficient (Wildman–Crippen LogP) is 2.73. The molecule has 29 heavy (non-hydrogen) atoms. The minimum atomic E-state index is -0.493. The van der Waals surface area contributed by atoms with E-state index >= 15 is 0 Å².